The second-order valence-electron chi connectivity index (χ2n) is 5.00. The van der Waals surface area contributed by atoms with Crippen LogP contribution in [0.2, 0.25) is 0 Å². The van der Waals surface area contributed by atoms with Gasteiger partial charge >= 0.3 is 5.97 Å². The molecule has 0 aromatic heterocycles. The van der Waals surface area contributed by atoms with Gasteiger partial charge in [-0.15, -0.1) is 0 Å². The third-order valence-corrected chi connectivity index (χ3v) is 2.30. The van der Waals surface area contributed by atoms with Crippen molar-refractivity contribution >= 4 is 11.8 Å². The summed E-state index contributed by atoms with van der Waals surface area (Å²) in [5, 5.41) is 0. The quantitative estimate of drug-likeness (QED) is 0.533. The highest BCUT2D eigenvalue weighted by atomic mass is 16.5. The molecule has 1 aliphatic rings. The largest absolute Gasteiger partial charge is 0.434 e. The molecule has 16 heavy (non-hydrogen) atoms. The van der Waals surface area contributed by atoms with Gasteiger partial charge in [-0.1, -0.05) is 0 Å². The summed E-state index contributed by atoms with van der Waals surface area (Å²) in [6.07, 6.45) is 7.06. The molecule has 0 amide bonds. The SMILES string of the molecule is CC(C)(C)C(=O)O/C=C/C1=CC(=O)CCC1. The molecule has 0 bridgehead atoms. The molecule has 1 aliphatic carbocycles. The Hall–Kier alpha value is -1.38. The summed E-state index contributed by atoms with van der Waals surface area (Å²) >= 11 is 0. The molecule has 0 aromatic carbocycles. The van der Waals surface area contributed by atoms with Crippen LogP contribution in [0.4, 0.5) is 0 Å². The van der Waals surface area contributed by atoms with Crippen molar-refractivity contribution < 1.29 is 14.3 Å². The average molecular weight is 222 g/mol. The van der Waals surface area contributed by atoms with Crippen LogP contribution >= 0.6 is 0 Å². The number of ether oxygens (including phenoxy) is 1. The fourth-order valence-electron chi connectivity index (χ4n) is 1.31. The van der Waals surface area contributed by atoms with E-state index in [1.165, 1.54) is 6.26 Å². The summed E-state index contributed by atoms with van der Waals surface area (Å²) < 4.78 is 4.97. The van der Waals surface area contributed by atoms with E-state index in [1.54, 1.807) is 32.9 Å². The van der Waals surface area contributed by atoms with Crippen molar-refractivity contribution in [3.8, 4) is 0 Å². The molecule has 0 heterocycles. The predicted octanol–water partition coefficient (Wildman–Crippen LogP) is 2.77. The molecule has 0 aliphatic heterocycles. The normalized spacial score (nSPS) is 17.4. The minimum Gasteiger partial charge on any atom is -0.434 e. The van der Waals surface area contributed by atoms with Crippen LogP contribution in [0.1, 0.15) is 40.0 Å². The van der Waals surface area contributed by atoms with Gasteiger partial charge in [-0.2, -0.15) is 0 Å². The first-order valence-corrected chi connectivity index (χ1v) is 5.50. The number of hydrogen-bond acceptors (Lipinski definition) is 3. The number of allylic oxidation sites excluding steroid dienone is 3. The lowest BCUT2D eigenvalue weighted by atomic mass is 9.97. The van der Waals surface area contributed by atoms with Crippen LogP contribution in [0.25, 0.3) is 0 Å². The Balaban J connectivity index is 2.49. The number of ketones is 1. The Labute approximate surface area is 96.2 Å². The van der Waals surface area contributed by atoms with Crippen molar-refractivity contribution in [3.63, 3.8) is 0 Å². The third kappa shape index (κ3) is 4.01. The molecule has 1 rings (SSSR count). The fraction of sp³-hybridized carbons (Fsp3) is 0.538. The molecule has 0 radical (unpaired) electrons. The van der Waals surface area contributed by atoms with Crippen LogP contribution in [0.15, 0.2) is 24.0 Å². The number of carbonyl (C=O) groups is 2. The summed E-state index contributed by atoms with van der Waals surface area (Å²) in [7, 11) is 0. The highest BCUT2D eigenvalue weighted by Crippen LogP contribution is 2.18. The van der Waals surface area contributed by atoms with Crippen LogP contribution < -0.4 is 0 Å². The smallest absolute Gasteiger partial charge is 0.316 e. The maximum atomic E-state index is 11.4. The van der Waals surface area contributed by atoms with Gasteiger partial charge in [0.1, 0.15) is 0 Å². The first-order valence-electron chi connectivity index (χ1n) is 5.50. The van der Waals surface area contributed by atoms with Gasteiger partial charge < -0.3 is 4.74 Å². The Kier molecular flexibility index (Phi) is 4.05. The van der Waals surface area contributed by atoms with E-state index in [0.29, 0.717) is 6.42 Å². The van der Waals surface area contributed by atoms with E-state index in [9.17, 15) is 9.59 Å². The summed E-state index contributed by atoms with van der Waals surface area (Å²) in [5.41, 5.74) is 0.430. The van der Waals surface area contributed by atoms with E-state index >= 15 is 0 Å². The van der Waals surface area contributed by atoms with E-state index in [2.05, 4.69) is 0 Å². The van der Waals surface area contributed by atoms with Gasteiger partial charge in [-0.25, -0.2) is 0 Å². The van der Waals surface area contributed by atoms with E-state index in [0.717, 1.165) is 18.4 Å². The van der Waals surface area contributed by atoms with E-state index in [-0.39, 0.29) is 11.8 Å². The van der Waals surface area contributed by atoms with Crippen molar-refractivity contribution in [2.45, 2.75) is 40.0 Å². The van der Waals surface area contributed by atoms with Gasteiger partial charge in [0.25, 0.3) is 0 Å². The molecule has 0 fully saturated rings. The molecule has 0 aromatic rings. The molecule has 88 valence electrons. The first kappa shape index (κ1) is 12.7. The topological polar surface area (TPSA) is 43.4 Å². The zero-order chi connectivity index (χ0) is 12.2. The summed E-state index contributed by atoms with van der Waals surface area (Å²) in [6.45, 7) is 5.39. The van der Waals surface area contributed by atoms with Crippen molar-refractivity contribution in [1.82, 2.24) is 0 Å². The average Bonchev–Trinajstić information content (AvgIpc) is 2.16. The Bertz CT molecular complexity index is 343. The molecule has 0 unspecified atom stereocenters. The summed E-state index contributed by atoms with van der Waals surface area (Å²) in [6, 6.07) is 0. The monoisotopic (exact) mass is 222 g/mol. The fourth-order valence-corrected chi connectivity index (χ4v) is 1.31. The highest BCUT2D eigenvalue weighted by molar-refractivity contribution is 5.91. The maximum absolute atomic E-state index is 11.4. The molecular formula is C13H18O3. The van der Waals surface area contributed by atoms with Gasteiger partial charge in [0.05, 0.1) is 11.7 Å². The molecular weight excluding hydrogens is 204 g/mol. The van der Waals surface area contributed by atoms with Gasteiger partial charge in [-0.3, -0.25) is 9.59 Å². The van der Waals surface area contributed by atoms with E-state index in [4.69, 9.17) is 4.74 Å². The molecule has 0 N–H and O–H groups in total. The second kappa shape index (κ2) is 5.10. The Morgan fingerprint density at radius 1 is 1.38 bits per heavy atom. The Morgan fingerprint density at radius 2 is 2.06 bits per heavy atom. The van der Waals surface area contributed by atoms with Gasteiger partial charge in [0, 0.05) is 6.42 Å². The molecule has 3 nitrogen and oxygen atoms in total. The van der Waals surface area contributed by atoms with Crippen molar-refractivity contribution in [3.05, 3.63) is 24.0 Å². The van der Waals surface area contributed by atoms with E-state index < -0.39 is 5.41 Å². The zero-order valence-corrected chi connectivity index (χ0v) is 10.1. The molecule has 3 heteroatoms. The predicted molar refractivity (Wildman–Crippen MR) is 61.6 cm³/mol. The molecule has 0 spiro atoms. The van der Waals surface area contributed by atoms with Gasteiger partial charge in [0.15, 0.2) is 5.78 Å². The molecule has 0 saturated carbocycles. The zero-order valence-electron chi connectivity index (χ0n) is 10.1. The van der Waals surface area contributed by atoms with Crippen molar-refractivity contribution in [2.75, 3.05) is 0 Å². The lowest BCUT2D eigenvalue weighted by Crippen LogP contribution is -2.20. The maximum Gasteiger partial charge on any atom is 0.316 e. The lowest BCUT2D eigenvalue weighted by Gasteiger charge is -2.14. The van der Waals surface area contributed by atoms with E-state index in [1.807, 2.05) is 0 Å². The molecule has 0 atom stereocenters. The minimum absolute atomic E-state index is 0.146. The van der Waals surface area contributed by atoms with Crippen LogP contribution in [0.5, 0.6) is 0 Å². The highest BCUT2D eigenvalue weighted by Gasteiger charge is 2.22. The van der Waals surface area contributed by atoms with Crippen LogP contribution in [-0.4, -0.2) is 11.8 Å². The summed E-state index contributed by atoms with van der Waals surface area (Å²) in [5.74, 6) is -0.125. The third-order valence-electron chi connectivity index (χ3n) is 2.30. The second-order valence-corrected chi connectivity index (χ2v) is 5.00. The molecule has 0 saturated heterocycles. The van der Waals surface area contributed by atoms with Crippen molar-refractivity contribution in [2.24, 2.45) is 5.41 Å². The lowest BCUT2D eigenvalue weighted by molar-refractivity contribution is -0.146. The summed E-state index contributed by atoms with van der Waals surface area (Å²) in [4.78, 5) is 22.5. The standard InChI is InChI=1S/C13H18O3/c1-13(2,3)12(15)16-8-7-10-5-4-6-11(14)9-10/h7-9H,4-6H2,1-3H3/b8-7+. The number of hydrogen-bond donors (Lipinski definition) is 0. The Morgan fingerprint density at radius 3 is 2.62 bits per heavy atom. The van der Waals surface area contributed by atoms with Crippen LogP contribution in [0.3, 0.4) is 0 Å². The minimum atomic E-state index is -0.499. The van der Waals surface area contributed by atoms with Gasteiger partial charge in [0.2, 0.25) is 0 Å². The number of carbonyl (C=O) groups excluding carboxylic acids is 2. The first-order chi connectivity index (χ1) is 7.39. The van der Waals surface area contributed by atoms with Crippen LogP contribution in [0, 0.1) is 5.41 Å². The van der Waals surface area contributed by atoms with Gasteiger partial charge in [-0.05, 0) is 51.3 Å². The van der Waals surface area contributed by atoms with Crippen LogP contribution in [-0.2, 0) is 14.3 Å². The number of esters is 1. The van der Waals surface area contributed by atoms with Crippen molar-refractivity contribution in [1.29, 1.82) is 0 Å². The number of rotatable bonds is 2.